The van der Waals surface area contributed by atoms with Crippen molar-refractivity contribution in [2.45, 2.75) is 47.0 Å². The van der Waals surface area contributed by atoms with Crippen LogP contribution in [-0.2, 0) is 0 Å². The molecule has 1 nitrogen and oxygen atoms in total. The van der Waals surface area contributed by atoms with Crippen LogP contribution in [0.25, 0.3) is 11.1 Å². The van der Waals surface area contributed by atoms with Crippen LogP contribution in [0.3, 0.4) is 0 Å². The van der Waals surface area contributed by atoms with E-state index in [0.29, 0.717) is 5.92 Å². The molecule has 0 saturated carbocycles. The van der Waals surface area contributed by atoms with Gasteiger partial charge in [-0.3, -0.25) is 0 Å². The molecule has 0 saturated heterocycles. The molecule has 2 rings (SSSR count). The monoisotopic (exact) mass is 267 g/mol. The third-order valence-electron chi connectivity index (χ3n) is 4.29. The summed E-state index contributed by atoms with van der Waals surface area (Å²) in [7, 11) is 0. The second-order valence-corrected chi connectivity index (χ2v) is 5.91. The molecule has 0 radical (unpaired) electrons. The van der Waals surface area contributed by atoms with Crippen LogP contribution in [0.4, 0.5) is 5.69 Å². The summed E-state index contributed by atoms with van der Waals surface area (Å²) in [4.78, 5) is 0. The lowest BCUT2D eigenvalue weighted by Crippen LogP contribution is -1.97. The Morgan fingerprint density at radius 2 is 1.55 bits per heavy atom. The van der Waals surface area contributed by atoms with E-state index in [0.717, 1.165) is 11.3 Å². The highest BCUT2D eigenvalue weighted by atomic mass is 14.5. The zero-order valence-electron chi connectivity index (χ0n) is 13.2. The van der Waals surface area contributed by atoms with Gasteiger partial charge in [-0.25, -0.2) is 0 Å². The quantitative estimate of drug-likeness (QED) is 0.743. The fourth-order valence-corrected chi connectivity index (χ4v) is 2.80. The summed E-state index contributed by atoms with van der Waals surface area (Å²) in [5.74, 6) is 0.620. The van der Waals surface area contributed by atoms with Crippen molar-refractivity contribution in [3.8, 4) is 11.1 Å². The van der Waals surface area contributed by atoms with Gasteiger partial charge in [0.1, 0.15) is 0 Å². The van der Waals surface area contributed by atoms with Crippen molar-refractivity contribution in [1.29, 1.82) is 0 Å². The van der Waals surface area contributed by atoms with Gasteiger partial charge in [0.15, 0.2) is 0 Å². The molecule has 0 bridgehead atoms. The topological polar surface area (TPSA) is 26.0 Å². The second-order valence-electron chi connectivity index (χ2n) is 5.91. The van der Waals surface area contributed by atoms with Gasteiger partial charge in [0, 0.05) is 5.69 Å². The van der Waals surface area contributed by atoms with Crippen molar-refractivity contribution < 1.29 is 0 Å². The highest BCUT2D eigenvalue weighted by molar-refractivity contribution is 5.73. The third kappa shape index (κ3) is 2.72. The van der Waals surface area contributed by atoms with Gasteiger partial charge < -0.3 is 5.73 Å². The van der Waals surface area contributed by atoms with E-state index in [-0.39, 0.29) is 0 Å². The van der Waals surface area contributed by atoms with E-state index in [1.807, 2.05) is 6.07 Å². The first-order valence-electron chi connectivity index (χ1n) is 7.41. The molecule has 20 heavy (non-hydrogen) atoms. The number of anilines is 1. The van der Waals surface area contributed by atoms with E-state index < -0.39 is 0 Å². The fourth-order valence-electron chi connectivity index (χ4n) is 2.80. The minimum absolute atomic E-state index is 0.620. The molecule has 0 aliphatic carbocycles. The van der Waals surface area contributed by atoms with E-state index >= 15 is 0 Å². The average molecular weight is 267 g/mol. The molecule has 0 aromatic heterocycles. The average Bonchev–Trinajstić information content (AvgIpc) is 2.41. The molecule has 1 atom stereocenters. The van der Waals surface area contributed by atoms with E-state index in [2.05, 4.69) is 58.9 Å². The van der Waals surface area contributed by atoms with E-state index in [1.54, 1.807) is 0 Å². The number of hydrogen-bond donors (Lipinski definition) is 1. The Labute approximate surface area is 122 Å². The predicted octanol–water partition coefficient (Wildman–Crippen LogP) is 5.37. The third-order valence-corrected chi connectivity index (χ3v) is 4.29. The summed E-state index contributed by atoms with van der Waals surface area (Å²) < 4.78 is 0. The normalized spacial score (nSPS) is 12.4. The molecule has 0 aliphatic rings. The summed E-state index contributed by atoms with van der Waals surface area (Å²) in [6, 6.07) is 11.0. The molecular formula is C19H25N. The van der Waals surface area contributed by atoms with Gasteiger partial charge in [-0.15, -0.1) is 0 Å². The van der Waals surface area contributed by atoms with E-state index in [9.17, 15) is 0 Å². The second kappa shape index (κ2) is 5.70. The van der Waals surface area contributed by atoms with Crippen molar-refractivity contribution in [2.24, 2.45) is 0 Å². The Hall–Kier alpha value is -1.76. The summed E-state index contributed by atoms with van der Waals surface area (Å²) >= 11 is 0. The highest BCUT2D eigenvalue weighted by Gasteiger charge is 2.11. The minimum atomic E-state index is 0.620. The Morgan fingerprint density at radius 1 is 0.950 bits per heavy atom. The van der Waals surface area contributed by atoms with Crippen LogP contribution in [0.5, 0.6) is 0 Å². The number of aryl methyl sites for hydroxylation is 3. The molecule has 0 spiro atoms. The van der Waals surface area contributed by atoms with Gasteiger partial charge in [0.25, 0.3) is 0 Å². The highest BCUT2D eigenvalue weighted by Crippen LogP contribution is 2.32. The van der Waals surface area contributed by atoms with Crippen molar-refractivity contribution in [1.82, 2.24) is 0 Å². The molecule has 2 aromatic rings. The lowest BCUT2D eigenvalue weighted by atomic mass is 9.88. The first kappa shape index (κ1) is 14.6. The SMILES string of the molecule is CCC(C)c1cc(C)c(-c2ccc(N)c(C)c2)c(C)c1. The van der Waals surface area contributed by atoms with Crippen molar-refractivity contribution in [3.05, 3.63) is 52.6 Å². The zero-order valence-corrected chi connectivity index (χ0v) is 13.2. The lowest BCUT2D eigenvalue weighted by Gasteiger charge is -2.17. The molecule has 1 unspecified atom stereocenters. The Bertz CT molecular complexity index is 603. The molecule has 0 amide bonds. The Kier molecular flexibility index (Phi) is 4.17. The summed E-state index contributed by atoms with van der Waals surface area (Å²) in [5.41, 5.74) is 14.7. The van der Waals surface area contributed by atoms with Gasteiger partial charge >= 0.3 is 0 Å². The molecule has 0 aliphatic heterocycles. The van der Waals surface area contributed by atoms with Crippen molar-refractivity contribution in [3.63, 3.8) is 0 Å². The number of nitrogens with two attached hydrogens (primary N) is 1. The van der Waals surface area contributed by atoms with Crippen molar-refractivity contribution in [2.75, 3.05) is 5.73 Å². The van der Waals surface area contributed by atoms with Gasteiger partial charge in [0.2, 0.25) is 0 Å². The van der Waals surface area contributed by atoms with Gasteiger partial charge in [-0.1, -0.05) is 32.0 Å². The van der Waals surface area contributed by atoms with Crippen LogP contribution in [0, 0.1) is 20.8 Å². The summed E-state index contributed by atoms with van der Waals surface area (Å²) in [6.07, 6.45) is 1.18. The van der Waals surface area contributed by atoms with Crippen LogP contribution in [-0.4, -0.2) is 0 Å². The first-order valence-corrected chi connectivity index (χ1v) is 7.41. The van der Waals surface area contributed by atoms with Gasteiger partial charge in [0.05, 0.1) is 0 Å². The zero-order chi connectivity index (χ0) is 14.9. The maximum atomic E-state index is 5.92. The Morgan fingerprint density at radius 3 is 2.05 bits per heavy atom. The van der Waals surface area contributed by atoms with Crippen LogP contribution >= 0.6 is 0 Å². The predicted molar refractivity (Wildman–Crippen MR) is 89.2 cm³/mol. The molecular weight excluding hydrogens is 242 g/mol. The molecule has 1 heteroatoms. The van der Waals surface area contributed by atoms with Crippen LogP contribution < -0.4 is 5.73 Å². The number of rotatable bonds is 3. The standard InChI is InChI=1S/C19H25N/c1-6-12(2)17-10-14(4)19(15(5)11-17)16-7-8-18(20)13(3)9-16/h7-12H,6,20H2,1-5H3. The number of benzene rings is 2. The van der Waals surface area contributed by atoms with E-state index in [1.165, 1.54) is 34.2 Å². The van der Waals surface area contributed by atoms with Crippen LogP contribution in [0.1, 0.15) is 48.4 Å². The van der Waals surface area contributed by atoms with Gasteiger partial charge in [-0.2, -0.15) is 0 Å². The molecule has 0 fully saturated rings. The van der Waals surface area contributed by atoms with E-state index in [4.69, 9.17) is 5.73 Å². The van der Waals surface area contributed by atoms with Crippen LogP contribution in [0.2, 0.25) is 0 Å². The molecule has 106 valence electrons. The summed E-state index contributed by atoms with van der Waals surface area (Å²) in [6.45, 7) is 11.0. The number of hydrogen-bond acceptors (Lipinski definition) is 1. The molecule has 2 N–H and O–H groups in total. The largest absolute Gasteiger partial charge is 0.399 e. The maximum absolute atomic E-state index is 5.92. The minimum Gasteiger partial charge on any atom is -0.399 e. The van der Waals surface area contributed by atoms with Crippen LogP contribution in [0.15, 0.2) is 30.3 Å². The summed E-state index contributed by atoms with van der Waals surface area (Å²) in [5, 5.41) is 0. The maximum Gasteiger partial charge on any atom is 0.0344 e. The molecule has 0 heterocycles. The smallest absolute Gasteiger partial charge is 0.0344 e. The first-order chi connectivity index (χ1) is 9.43. The molecule has 2 aromatic carbocycles. The van der Waals surface area contributed by atoms with Crippen molar-refractivity contribution >= 4 is 5.69 Å². The fraction of sp³-hybridized carbons (Fsp3) is 0.368. The number of nitrogen functional groups attached to an aromatic ring is 1. The Balaban J connectivity index is 2.54. The van der Waals surface area contributed by atoms with Gasteiger partial charge in [-0.05, 0) is 78.6 Å². The lowest BCUT2D eigenvalue weighted by molar-refractivity contribution is 0.732.